The van der Waals surface area contributed by atoms with Crippen LogP contribution in [0.15, 0.2) is 206 Å². The number of nitrogens with zero attached hydrogens (tertiary/aromatic N) is 4. The van der Waals surface area contributed by atoms with Crippen LogP contribution in [0.5, 0.6) is 0 Å². The van der Waals surface area contributed by atoms with Gasteiger partial charge in [0.2, 0.25) is 0 Å². The molecule has 0 saturated heterocycles. The van der Waals surface area contributed by atoms with E-state index < -0.39 is 0 Å². The van der Waals surface area contributed by atoms with E-state index in [0.29, 0.717) is 17.5 Å². The summed E-state index contributed by atoms with van der Waals surface area (Å²) in [5, 5.41) is 7.00. The van der Waals surface area contributed by atoms with Gasteiger partial charge in [0, 0.05) is 21.9 Å². The fraction of sp³-hybridized carbons (Fsp3) is 0. The van der Waals surface area contributed by atoms with Crippen molar-refractivity contribution in [1.82, 2.24) is 19.5 Å². The molecule has 0 atom stereocenters. The van der Waals surface area contributed by atoms with Crippen LogP contribution in [0, 0.1) is 0 Å². The monoisotopic (exact) mass is 726 g/mol. The highest BCUT2D eigenvalue weighted by Crippen LogP contribution is 2.44. The van der Waals surface area contributed by atoms with Gasteiger partial charge in [0.15, 0.2) is 17.5 Å². The van der Waals surface area contributed by atoms with Gasteiger partial charge in [-0.2, -0.15) is 0 Å². The van der Waals surface area contributed by atoms with E-state index in [0.717, 1.165) is 60.9 Å². The van der Waals surface area contributed by atoms with Gasteiger partial charge in [0.05, 0.1) is 22.3 Å². The molecule has 0 N–H and O–H groups in total. The Labute approximate surface area is 330 Å². The predicted octanol–water partition coefficient (Wildman–Crippen LogP) is 13.6. The molecule has 0 fully saturated rings. The number of hydrogen-bond acceptors (Lipinski definition) is 3. The van der Waals surface area contributed by atoms with Gasteiger partial charge in [-0.25, -0.2) is 15.0 Å². The minimum Gasteiger partial charge on any atom is -0.308 e. The third-order valence-electron chi connectivity index (χ3n) is 11.0. The van der Waals surface area contributed by atoms with Crippen molar-refractivity contribution < 1.29 is 0 Å². The Morgan fingerprint density at radius 3 is 1.42 bits per heavy atom. The first-order chi connectivity index (χ1) is 28.3. The molecule has 0 bridgehead atoms. The standard InChI is InChI=1S/C53H34N4/c1-3-15-35(16-4-1)37-27-30-39(31-28-37)52-54-51(38-18-5-2-6-19-38)55-53(56-52)50-45-24-10-9-21-42(45)46(41-32-29-36-17-7-8-20-40(36)33-41)34-49(50)57-47-25-13-11-22-43(47)44-23-12-14-26-48(44)57/h1-34H. The van der Waals surface area contributed by atoms with E-state index in [4.69, 9.17) is 15.0 Å². The van der Waals surface area contributed by atoms with E-state index in [1.807, 2.05) is 24.3 Å². The predicted molar refractivity (Wildman–Crippen MR) is 236 cm³/mol. The summed E-state index contributed by atoms with van der Waals surface area (Å²) in [5.41, 5.74) is 10.6. The van der Waals surface area contributed by atoms with Crippen LogP contribution >= 0.6 is 0 Å². The second-order valence-electron chi connectivity index (χ2n) is 14.4. The van der Waals surface area contributed by atoms with Crippen molar-refractivity contribution in [1.29, 1.82) is 0 Å². The van der Waals surface area contributed by atoms with E-state index in [9.17, 15) is 0 Å². The molecular weight excluding hydrogens is 693 g/mol. The SMILES string of the molecule is c1ccc(-c2ccc(-c3nc(-c4ccccc4)nc(-c4c(-n5c6ccccc6c6ccccc65)cc(-c5ccc6ccccc6c5)c5ccccc45)n3)cc2)cc1. The summed E-state index contributed by atoms with van der Waals surface area (Å²) in [4.78, 5) is 15.9. The van der Waals surface area contributed by atoms with Crippen molar-refractivity contribution in [2.45, 2.75) is 0 Å². The topological polar surface area (TPSA) is 43.6 Å². The highest BCUT2D eigenvalue weighted by Gasteiger charge is 2.23. The quantitative estimate of drug-likeness (QED) is 0.171. The van der Waals surface area contributed by atoms with Crippen molar-refractivity contribution in [3.63, 3.8) is 0 Å². The lowest BCUT2D eigenvalue weighted by molar-refractivity contribution is 1.07. The van der Waals surface area contributed by atoms with Crippen molar-refractivity contribution in [3.8, 4) is 62.1 Å². The Kier molecular flexibility index (Phi) is 7.78. The molecule has 9 aromatic carbocycles. The Morgan fingerprint density at radius 2 is 0.754 bits per heavy atom. The molecule has 0 radical (unpaired) electrons. The zero-order valence-electron chi connectivity index (χ0n) is 30.9. The fourth-order valence-corrected chi connectivity index (χ4v) is 8.33. The van der Waals surface area contributed by atoms with E-state index in [2.05, 4.69) is 187 Å². The van der Waals surface area contributed by atoms with Crippen LogP contribution < -0.4 is 0 Å². The second kappa shape index (κ2) is 13.6. The fourth-order valence-electron chi connectivity index (χ4n) is 8.33. The molecule has 2 aromatic heterocycles. The van der Waals surface area contributed by atoms with Crippen molar-refractivity contribution in [3.05, 3.63) is 206 Å². The molecule has 0 aliphatic heterocycles. The number of fused-ring (bicyclic) bond motifs is 5. The van der Waals surface area contributed by atoms with Gasteiger partial charge in [0.25, 0.3) is 0 Å². The largest absolute Gasteiger partial charge is 0.308 e. The Morgan fingerprint density at radius 1 is 0.298 bits per heavy atom. The molecule has 0 saturated carbocycles. The van der Waals surface area contributed by atoms with Crippen LogP contribution in [-0.2, 0) is 0 Å². The summed E-state index contributed by atoms with van der Waals surface area (Å²) < 4.78 is 2.40. The van der Waals surface area contributed by atoms with Gasteiger partial charge in [-0.15, -0.1) is 0 Å². The number of rotatable bonds is 6. The van der Waals surface area contributed by atoms with E-state index in [-0.39, 0.29) is 0 Å². The van der Waals surface area contributed by atoms with Gasteiger partial charge >= 0.3 is 0 Å². The molecule has 0 amide bonds. The first kappa shape index (κ1) is 32.7. The maximum Gasteiger partial charge on any atom is 0.166 e. The van der Waals surface area contributed by atoms with Gasteiger partial charge in [-0.1, -0.05) is 182 Å². The number of para-hydroxylation sites is 2. The second-order valence-corrected chi connectivity index (χ2v) is 14.4. The third-order valence-corrected chi connectivity index (χ3v) is 11.0. The minimum atomic E-state index is 0.615. The molecule has 57 heavy (non-hydrogen) atoms. The van der Waals surface area contributed by atoms with Crippen LogP contribution in [0.3, 0.4) is 0 Å². The lowest BCUT2D eigenvalue weighted by atomic mass is 9.91. The first-order valence-corrected chi connectivity index (χ1v) is 19.3. The Hall–Kier alpha value is -7.69. The van der Waals surface area contributed by atoms with E-state index in [1.54, 1.807) is 0 Å². The van der Waals surface area contributed by atoms with Crippen LogP contribution in [0.2, 0.25) is 0 Å². The first-order valence-electron chi connectivity index (χ1n) is 19.3. The average Bonchev–Trinajstić information content (AvgIpc) is 3.63. The van der Waals surface area contributed by atoms with E-state index in [1.165, 1.54) is 27.1 Å². The third kappa shape index (κ3) is 5.66. The van der Waals surface area contributed by atoms with Crippen LogP contribution in [0.4, 0.5) is 0 Å². The summed E-state index contributed by atoms with van der Waals surface area (Å²) in [6.45, 7) is 0. The van der Waals surface area contributed by atoms with Crippen LogP contribution in [0.1, 0.15) is 0 Å². The lowest BCUT2D eigenvalue weighted by Crippen LogP contribution is -2.05. The maximum atomic E-state index is 5.39. The van der Waals surface area contributed by atoms with E-state index >= 15 is 0 Å². The molecule has 266 valence electrons. The molecule has 0 aliphatic carbocycles. The van der Waals surface area contributed by atoms with Crippen molar-refractivity contribution in [2.75, 3.05) is 0 Å². The van der Waals surface area contributed by atoms with Gasteiger partial charge < -0.3 is 4.57 Å². The molecule has 11 aromatic rings. The Balaban J connectivity index is 1.23. The van der Waals surface area contributed by atoms with Crippen LogP contribution in [-0.4, -0.2) is 19.5 Å². The van der Waals surface area contributed by atoms with Crippen LogP contribution in [0.25, 0.3) is 105 Å². The molecule has 4 nitrogen and oxygen atoms in total. The number of benzene rings is 9. The van der Waals surface area contributed by atoms with Crippen molar-refractivity contribution in [2.24, 2.45) is 0 Å². The molecule has 4 heteroatoms. The number of aromatic nitrogens is 4. The van der Waals surface area contributed by atoms with Crippen molar-refractivity contribution >= 4 is 43.4 Å². The van der Waals surface area contributed by atoms with Gasteiger partial charge in [0.1, 0.15) is 0 Å². The highest BCUT2D eigenvalue weighted by molar-refractivity contribution is 6.13. The van der Waals surface area contributed by atoms with Gasteiger partial charge in [-0.3, -0.25) is 0 Å². The smallest absolute Gasteiger partial charge is 0.166 e. The zero-order valence-corrected chi connectivity index (χ0v) is 30.9. The molecule has 0 aliphatic rings. The normalized spacial score (nSPS) is 11.5. The Bertz CT molecular complexity index is 3220. The zero-order chi connectivity index (χ0) is 37.7. The average molecular weight is 727 g/mol. The lowest BCUT2D eigenvalue weighted by Gasteiger charge is -2.20. The number of hydrogen-bond donors (Lipinski definition) is 0. The molecule has 2 heterocycles. The summed E-state index contributed by atoms with van der Waals surface area (Å²) in [6.07, 6.45) is 0. The minimum absolute atomic E-state index is 0.615. The summed E-state index contributed by atoms with van der Waals surface area (Å²) >= 11 is 0. The molecule has 11 rings (SSSR count). The summed E-state index contributed by atoms with van der Waals surface area (Å²) in [5.74, 6) is 1.86. The molecule has 0 unspecified atom stereocenters. The summed E-state index contributed by atoms with van der Waals surface area (Å²) in [6, 6.07) is 72.9. The van der Waals surface area contributed by atoms with Gasteiger partial charge in [-0.05, 0) is 68.1 Å². The maximum absolute atomic E-state index is 5.39. The molecule has 0 spiro atoms. The highest BCUT2D eigenvalue weighted by atomic mass is 15.1. The molecular formula is C53H34N4. The summed E-state index contributed by atoms with van der Waals surface area (Å²) in [7, 11) is 0.